The van der Waals surface area contributed by atoms with Crippen molar-refractivity contribution < 1.29 is 9.59 Å². The summed E-state index contributed by atoms with van der Waals surface area (Å²) in [6, 6.07) is 27.5. The number of rotatable bonds is 6. The lowest BCUT2D eigenvalue weighted by molar-refractivity contribution is -0.116. The topological polar surface area (TPSA) is 49.4 Å². The van der Waals surface area contributed by atoms with Crippen molar-refractivity contribution in [2.75, 3.05) is 19.4 Å². The van der Waals surface area contributed by atoms with Gasteiger partial charge in [-0.25, -0.2) is 0 Å². The molecule has 0 spiro atoms. The van der Waals surface area contributed by atoms with Crippen molar-refractivity contribution in [3.05, 3.63) is 96.1 Å². The van der Waals surface area contributed by atoms with Crippen LogP contribution in [0.4, 0.5) is 10.5 Å². The Labute approximate surface area is 175 Å². The van der Waals surface area contributed by atoms with Crippen LogP contribution in [0.5, 0.6) is 0 Å². The van der Waals surface area contributed by atoms with Gasteiger partial charge < -0.3 is 10.2 Å². The SMILES string of the molecule is CN(C)C(=O)Sc1ccc(NC(=O)CC(c2ccccc2)c2ccccc2)cc1. The molecule has 0 atom stereocenters. The minimum atomic E-state index is -0.0486. The van der Waals surface area contributed by atoms with Gasteiger partial charge in [0.25, 0.3) is 5.24 Å². The summed E-state index contributed by atoms with van der Waals surface area (Å²) in [6.45, 7) is 0. The quantitative estimate of drug-likeness (QED) is 0.542. The van der Waals surface area contributed by atoms with Crippen LogP contribution in [-0.4, -0.2) is 30.1 Å². The van der Waals surface area contributed by atoms with Gasteiger partial charge in [-0.1, -0.05) is 60.7 Å². The average molecular weight is 405 g/mol. The fourth-order valence-corrected chi connectivity index (χ4v) is 3.65. The predicted octanol–water partition coefficient (Wildman–Crippen LogP) is 5.62. The van der Waals surface area contributed by atoms with Crippen molar-refractivity contribution in [3.63, 3.8) is 0 Å². The highest BCUT2D eigenvalue weighted by molar-refractivity contribution is 8.13. The fourth-order valence-electron chi connectivity index (χ4n) is 2.99. The van der Waals surface area contributed by atoms with E-state index in [2.05, 4.69) is 29.6 Å². The van der Waals surface area contributed by atoms with Crippen LogP contribution in [0.1, 0.15) is 23.5 Å². The van der Waals surface area contributed by atoms with Crippen molar-refractivity contribution in [1.29, 1.82) is 0 Å². The van der Waals surface area contributed by atoms with Gasteiger partial charge in [0, 0.05) is 37.0 Å². The van der Waals surface area contributed by atoms with Gasteiger partial charge in [-0.3, -0.25) is 9.59 Å². The van der Waals surface area contributed by atoms with Gasteiger partial charge in [-0.2, -0.15) is 0 Å². The van der Waals surface area contributed by atoms with Crippen molar-refractivity contribution >= 4 is 28.6 Å². The number of amides is 2. The Balaban J connectivity index is 1.68. The molecule has 0 saturated carbocycles. The molecule has 0 saturated heterocycles. The van der Waals surface area contributed by atoms with Crippen LogP contribution in [-0.2, 0) is 4.79 Å². The summed E-state index contributed by atoms with van der Waals surface area (Å²) in [7, 11) is 3.44. The van der Waals surface area contributed by atoms with E-state index in [0.29, 0.717) is 6.42 Å². The van der Waals surface area contributed by atoms with E-state index >= 15 is 0 Å². The van der Waals surface area contributed by atoms with Gasteiger partial charge in [0.05, 0.1) is 0 Å². The van der Waals surface area contributed by atoms with Crippen LogP contribution in [0.15, 0.2) is 89.8 Å². The van der Waals surface area contributed by atoms with E-state index in [4.69, 9.17) is 0 Å². The van der Waals surface area contributed by atoms with E-state index < -0.39 is 0 Å². The number of carbonyl (C=O) groups excluding carboxylic acids is 2. The summed E-state index contributed by atoms with van der Waals surface area (Å²) in [6.07, 6.45) is 0.351. The molecule has 0 heterocycles. The summed E-state index contributed by atoms with van der Waals surface area (Å²) in [4.78, 5) is 26.9. The summed E-state index contributed by atoms with van der Waals surface area (Å²) >= 11 is 1.16. The van der Waals surface area contributed by atoms with E-state index in [1.165, 1.54) is 4.90 Å². The van der Waals surface area contributed by atoms with Crippen LogP contribution in [0, 0.1) is 0 Å². The second kappa shape index (κ2) is 9.94. The van der Waals surface area contributed by atoms with Crippen LogP contribution in [0.2, 0.25) is 0 Å². The number of nitrogens with zero attached hydrogens (tertiary/aromatic N) is 1. The second-order valence-corrected chi connectivity index (χ2v) is 7.94. The molecule has 0 aromatic heterocycles. The summed E-state index contributed by atoms with van der Waals surface area (Å²) in [5.74, 6) is -0.0579. The fraction of sp³-hybridized carbons (Fsp3) is 0.167. The molecule has 5 heteroatoms. The van der Waals surface area contributed by atoms with Crippen molar-refractivity contribution in [2.24, 2.45) is 0 Å². The number of hydrogen-bond acceptors (Lipinski definition) is 3. The van der Waals surface area contributed by atoms with E-state index in [1.807, 2.05) is 60.7 Å². The second-order valence-electron chi connectivity index (χ2n) is 6.91. The van der Waals surface area contributed by atoms with E-state index in [9.17, 15) is 9.59 Å². The summed E-state index contributed by atoms with van der Waals surface area (Å²) in [5.41, 5.74) is 2.95. The molecular formula is C24H24N2O2S. The van der Waals surface area contributed by atoms with Crippen LogP contribution in [0.25, 0.3) is 0 Å². The van der Waals surface area contributed by atoms with Gasteiger partial charge in [0.15, 0.2) is 0 Å². The maximum atomic E-state index is 12.7. The van der Waals surface area contributed by atoms with Crippen LogP contribution >= 0.6 is 11.8 Å². The monoisotopic (exact) mass is 404 g/mol. The molecule has 3 aromatic carbocycles. The Bertz CT molecular complexity index is 902. The third-order valence-electron chi connectivity index (χ3n) is 4.50. The average Bonchev–Trinajstić information content (AvgIpc) is 2.74. The van der Waals surface area contributed by atoms with E-state index in [-0.39, 0.29) is 17.1 Å². The maximum absolute atomic E-state index is 12.7. The first-order valence-electron chi connectivity index (χ1n) is 9.42. The zero-order valence-corrected chi connectivity index (χ0v) is 17.4. The molecule has 3 aromatic rings. The number of hydrogen-bond donors (Lipinski definition) is 1. The molecule has 0 aliphatic heterocycles. The van der Waals surface area contributed by atoms with Gasteiger partial charge in [-0.05, 0) is 47.2 Å². The van der Waals surface area contributed by atoms with Crippen molar-refractivity contribution in [1.82, 2.24) is 4.90 Å². The highest BCUT2D eigenvalue weighted by atomic mass is 32.2. The molecule has 0 aliphatic rings. The van der Waals surface area contributed by atoms with Gasteiger partial charge in [0.2, 0.25) is 5.91 Å². The standard InChI is InChI=1S/C24H24N2O2S/c1-26(2)24(28)29-21-15-13-20(14-16-21)25-23(27)17-22(18-9-5-3-6-10-18)19-11-7-4-8-12-19/h3-16,22H,17H2,1-2H3,(H,25,27). The lowest BCUT2D eigenvalue weighted by Gasteiger charge is -2.18. The molecule has 0 bridgehead atoms. The van der Waals surface area contributed by atoms with E-state index in [0.717, 1.165) is 33.5 Å². The number of anilines is 1. The maximum Gasteiger partial charge on any atom is 0.285 e. The molecule has 0 radical (unpaired) electrons. The third kappa shape index (κ3) is 5.96. The Morgan fingerprint density at radius 3 is 1.83 bits per heavy atom. The Hall–Kier alpha value is -3.05. The van der Waals surface area contributed by atoms with E-state index in [1.54, 1.807) is 14.1 Å². The molecular weight excluding hydrogens is 380 g/mol. The highest BCUT2D eigenvalue weighted by Gasteiger charge is 2.18. The Kier molecular flexibility index (Phi) is 7.09. The van der Waals surface area contributed by atoms with Crippen molar-refractivity contribution in [2.45, 2.75) is 17.2 Å². The van der Waals surface area contributed by atoms with Crippen LogP contribution < -0.4 is 5.32 Å². The van der Waals surface area contributed by atoms with Crippen molar-refractivity contribution in [3.8, 4) is 0 Å². The number of thioether (sulfide) groups is 1. The molecule has 148 valence electrons. The molecule has 0 aliphatic carbocycles. The lowest BCUT2D eigenvalue weighted by atomic mass is 9.88. The first-order valence-corrected chi connectivity index (χ1v) is 10.2. The molecule has 4 nitrogen and oxygen atoms in total. The molecule has 0 unspecified atom stereocenters. The minimum Gasteiger partial charge on any atom is -0.339 e. The summed E-state index contributed by atoms with van der Waals surface area (Å²) < 4.78 is 0. The third-order valence-corrected chi connectivity index (χ3v) is 5.55. The molecule has 1 N–H and O–H groups in total. The smallest absolute Gasteiger partial charge is 0.285 e. The summed E-state index contributed by atoms with van der Waals surface area (Å²) in [5, 5.41) is 2.94. The minimum absolute atomic E-state index is 0.00931. The van der Waals surface area contributed by atoms with Gasteiger partial charge >= 0.3 is 0 Å². The zero-order valence-electron chi connectivity index (χ0n) is 16.5. The van der Waals surface area contributed by atoms with Gasteiger partial charge in [0.1, 0.15) is 0 Å². The number of nitrogens with one attached hydrogen (secondary N) is 1. The molecule has 2 amide bonds. The molecule has 3 rings (SSSR count). The number of benzene rings is 3. The normalized spacial score (nSPS) is 10.6. The van der Waals surface area contributed by atoms with Crippen LogP contribution in [0.3, 0.4) is 0 Å². The number of carbonyl (C=O) groups is 2. The first-order chi connectivity index (χ1) is 14.0. The molecule has 0 fully saturated rings. The highest BCUT2D eigenvalue weighted by Crippen LogP contribution is 2.28. The van der Waals surface area contributed by atoms with Gasteiger partial charge in [-0.15, -0.1) is 0 Å². The zero-order chi connectivity index (χ0) is 20.6. The Morgan fingerprint density at radius 2 is 1.34 bits per heavy atom. The largest absolute Gasteiger partial charge is 0.339 e. The lowest BCUT2D eigenvalue weighted by Crippen LogP contribution is -2.17. The predicted molar refractivity (Wildman–Crippen MR) is 119 cm³/mol. The molecule has 29 heavy (non-hydrogen) atoms. The first kappa shape index (κ1) is 20.7. The Morgan fingerprint density at radius 1 is 0.828 bits per heavy atom.